The summed E-state index contributed by atoms with van der Waals surface area (Å²) in [4.78, 5) is 23.6. The second-order valence-corrected chi connectivity index (χ2v) is 4.46. The molecular formula is C14H18O3. The first-order valence-corrected chi connectivity index (χ1v) is 5.66. The lowest BCUT2D eigenvalue weighted by Crippen LogP contribution is -2.17. The first-order chi connectivity index (χ1) is 7.84. The topological polar surface area (TPSA) is 43.4 Å². The van der Waals surface area contributed by atoms with Crippen LogP contribution in [0.5, 0.6) is 0 Å². The third-order valence-electron chi connectivity index (χ3n) is 2.52. The molecule has 0 N–H and O–H groups in total. The Morgan fingerprint density at radius 2 is 1.53 bits per heavy atom. The average Bonchev–Trinajstić information content (AvgIpc) is 2.19. The Morgan fingerprint density at radius 1 is 1.06 bits per heavy atom. The van der Waals surface area contributed by atoms with E-state index < -0.39 is 5.97 Å². The number of Topliss-reactive ketones (excluding diaryl/α,β-unsaturated/α-hetero) is 1. The molecule has 0 aliphatic rings. The Balaban J connectivity index is 3.35. The summed E-state index contributed by atoms with van der Waals surface area (Å²) in [6.07, 6.45) is -0.192. The van der Waals surface area contributed by atoms with Gasteiger partial charge in [0.25, 0.3) is 0 Å². The third-order valence-corrected chi connectivity index (χ3v) is 2.52. The van der Waals surface area contributed by atoms with Crippen LogP contribution >= 0.6 is 0 Å². The molecule has 1 rings (SSSR count). The van der Waals surface area contributed by atoms with Gasteiger partial charge >= 0.3 is 5.97 Å². The summed E-state index contributed by atoms with van der Waals surface area (Å²) in [5.74, 6) is -0.534. The molecule has 0 spiro atoms. The van der Waals surface area contributed by atoms with Crippen LogP contribution in [-0.4, -0.2) is 17.9 Å². The van der Waals surface area contributed by atoms with Crippen LogP contribution < -0.4 is 0 Å². The van der Waals surface area contributed by atoms with Gasteiger partial charge in [0, 0.05) is 5.56 Å². The minimum absolute atomic E-state index is 0.109. The van der Waals surface area contributed by atoms with Crippen molar-refractivity contribution in [3.63, 3.8) is 0 Å². The highest BCUT2D eigenvalue weighted by Gasteiger charge is 2.21. The SMILES string of the molecule is CC(=O)c1c(C)ccc(C)c1C(=O)OC(C)C. The summed E-state index contributed by atoms with van der Waals surface area (Å²) in [6, 6.07) is 3.68. The Kier molecular flexibility index (Phi) is 4.05. The Morgan fingerprint density at radius 3 is 1.94 bits per heavy atom. The van der Waals surface area contributed by atoms with E-state index in [0.717, 1.165) is 11.1 Å². The molecule has 17 heavy (non-hydrogen) atoms. The van der Waals surface area contributed by atoms with Crippen molar-refractivity contribution in [3.05, 3.63) is 34.4 Å². The molecule has 0 bridgehead atoms. The van der Waals surface area contributed by atoms with Gasteiger partial charge in [0.2, 0.25) is 0 Å². The second kappa shape index (κ2) is 5.13. The Labute approximate surface area is 102 Å². The minimum Gasteiger partial charge on any atom is -0.459 e. The van der Waals surface area contributed by atoms with Gasteiger partial charge in [0.15, 0.2) is 5.78 Å². The lowest BCUT2D eigenvalue weighted by atomic mass is 9.95. The van der Waals surface area contributed by atoms with E-state index in [9.17, 15) is 9.59 Å². The molecule has 0 heterocycles. The molecule has 1 aromatic rings. The molecule has 3 heteroatoms. The standard InChI is InChI=1S/C14H18O3/c1-8(2)17-14(16)13-10(4)7-6-9(3)12(13)11(5)15/h6-8H,1-5H3. The highest BCUT2D eigenvalue weighted by Crippen LogP contribution is 2.20. The largest absolute Gasteiger partial charge is 0.459 e. The molecule has 0 aliphatic heterocycles. The highest BCUT2D eigenvalue weighted by atomic mass is 16.5. The lowest BCUT2D eigenvalue weighted by molar-refractivity contribution is 0.0374. The molecule has 1 aromatic carbocycles. The van der Waals surface area contributed by atoms with Gasteiger partial charge in [0.05, 0.1) is 11.7 Å². The van der Waals surface area contributed by atoms with Gasteiger partial charge < -0.3 is 4.74 Å². The maximum absolute atomic E-state index is 12.0. The van der Waals surface area contributed by atoms with Crippen molar-refractivity contribution >= 4 is 11.8 Å². The van der Waals surface area contributed by atoms with Gasteiger partial charge in [0.1, 0.15) is 0 Å². The van der Waals surface area contributed by atoms with Crippen LogP contribution in [0.15, 0.2) is 12.1 Å². The predicted molar refractivity (Wildman–Crippen MR) is 66.5 cm³/mol. The number of carbonyl (C=O) groups is 2. The van der Waals surface area contributed by atoms with Gasteiger partial charge in [-0.2, -0.15) is 0 Å². The van der Waals surface area contributed by atoms with Crippen molar-refractivity contribution in [1.82, 2.24) is 0 Å². The zero-order chi connectivity index (χ0) is 13.2. The van der Waals surface area contributed by atoms with Crippen molar-refractivity contribution < 1.29 is 14.3 Å². The summed E-state index contributed by atoms with van der Waals surface area (Å²) in [5, 5.41) is 0. The molecule has 0 amide bonds. The van der Waals surface area contributed by atoms with Crippen molar-refractivity contribution in [2.45, 2.75) is 40.7 Å². The van der Waals surface area contributed by atoms with Crippen LogP contribution in [0.3, 0.4) is 0 Å². The normalized spacial score (nSPS) is 10.5. The van der Waals surface area contributed by atoms with Gasteiger partial charge in [-0.3, -0.25) is 4.79 Å². The van der Waals surface area contributed by atoms with E-state index in [-0.39, 0.29) is 11.9 Å². The molecular weight excluding hydrogens is 216 g/mol. The van der Waals surface area contributed by atoms with Crippen LogP contribution in [0.2, 0.25) is 0 Å². The van der Waals surface area contributed by atoms with E-state index in [0.29, 0.717) is 11.1 Å². The van der Waals surface area contributed by atoms with Crippen molar-refractivity contribution in [2.75, 3.05) is 0 Å². The highest BCUT2D eigenvalue weighted by molar-refractivity contribution is 6.07. The molecule has 0 unspecified atom stereocenters. The molecule has 0 radical (unpaired) electrons. The van der Waals surface area contributed by atoms with Gasteiger partial charge in [-0.1, -0.05) is 12.1 Å². The second-order valence-electron chi connectivity index (χ2n) is 4.46. The molecule has 3 nitrogen and oxygen atoms in total. The summed E-state index contributed by atoms with van der Waals surface area (Å²) >= 11 is 0. The first kappa shape index (κ1) is 13.4. The number of aryl methyl sites for hydroxylation is 2. The van der Waals surface area contributed by atoms with Crippen LogP contribution in [0, 0.1) is 13.8 Å². The minimum atomic E-state index is -0.425. The number of esters is 1. The average molecular weight is 234 g/mol. The van der Waals surface area contributed by atoms with E-state index in [1.807, 2.05) is 26.0 Å². The summed E-state index contributed by atoms with van der Waals surface area (Å²) in [6.45, 7) is 8.67. The first-order valence-electron chi connectivity index (χ1n) is 5.66. The van der Waals surface area contributed by atoms with Gasteiger partial charge in [-0.05, 0) is 45.7 Å². The van der Waals surface area contributed by atoms with Gasteiger partial charge in [-0.15, -0.1) is 0 Å². The molecule has 0 saturated carbocycles. The number of hydrogen-bond donors (Lipinski definition) is 0. The number of benzene rings is 1. The maximum atomic E-state index is 12.0. The zero-order valence-corrected chi connectivity index (χ0v) is 11.0. The van der Waals surface area contributed by atoms with E-state index in [2.05, 4.69) is 0 Å². The molecule has 0 atom stereocenters. The molecule has 0 aliphatic carbocycles. The van der Waals surface area contributed by atoms with Crippen LogP contribution in [0.25, 0.3) is 0 Å². The fraction of sp³-hybridized carbons (Fsp3) is 0.429. The van der Waals surface area contributed by atoms with E-state index in [4.69, 9.17) is 4.74 Å². The quantitative estimate of drug-likeness (QED) is 0.596. The van der Waals surface area contributed by atoms with Crippen LogP contribution in [0.4, 0.5) is 0 Å². The lowest BCUT2D eigenvalue weighted by Gasteiger charge is -2.14. The number of carbonyl (C=O) groups excluding carboxylic acids is 2. The van der Waals surface area contributed by atoms with Crippen molar-refractivity contribution in [1.29, 1.82) is 0 Å². The predicted octanol–water partition coefficient (Wildman–Crippen LogP) is 3.07. The fourth-order valence-electron chi connectivity index (χ4n) is 1.80. The van der Waals surface area contributed by atoms with E-state index >= 15 is 0 Å². The Hall–Kier alpha value is -1.64. The molecule has 0 saturated heterocycles. The fourth-order valence-corrected chi connectivity index (χ4v) is 1.80. The summed E-state index contributed by atoms with van der Waals surface area (Å²) in [7, 11) is 0. The third kappa shape index (κ3) is 2.93. The van der Waals surface area contributed by atoms with E-state index in [1.54, 1.807) is 13.8 Å². The van der Waals surface area contributed by atoms with Gasteiger partial charge in [-0.25, -0.2) is 4.79 Å². The summed E-state index contributed by atoms with van der Waals surface area (Å²) in [5.41, 5.74) is 2.44. The number of rotatable bonds is 3. The summed E-state index contributed by atoms with van der Waals surface area (Å²) < 4.78 is 5.17. The zero-order valence-electron chi connectivity index (χ0n) is 11.0. The molecule has 0 aromatic heterocycles. The monoisotopic (exact) mass is 234 g/mol. The van der Waals surface area contributed by atoms with Crippen LogP contribution in [0.1, 0.15) is 52.6 Å². The number of ketones is 1. The molecule has 0 fully saturated rings. The Bertz CT molecular complexity index is 459. The number of hydrogen-bond acceptors (Lipinski definition) is 3. The number of ether oxygens (including phenoxy) is 1. The maximum Gasteiger partial charge on any atom is 0.339 e. The van der Waals surface area contributed by atoms with Crippen molar-refractivity contribution in [3.8, 4) is 0 Å². The van der Waals surface area contributed by atoms with Crippen molar-refractivity contribution in [2.24, 2.45) is 0 Å². The van der Waals surface area contributed by atoms with E-state index in [1.165, 1.54) is 6.92 Å². The molecule has 92 valence electrons. The van der Waals surface area contributed by atoms with Crippen LogP contribution in [-0.2, 0) is 4.74 Å². The smallest absolute Gasteiger partial charge is 0.339 e.